The lowest BCUT2D eigenvalue weighted by Gasteiger charge is -2.35. The van der Waals surface area contributed by atoms with Crippen molar-refractivity contribution < 1.29 is 14.0 Å². The van der Waals surface area contributed by atoms with E-state index in [1.807, 2.05) is 13.8 Å². The molecule has 1 heterocycles. The molecule has 2 amide bonds. The van der Waals surface area contributed by atoms with Crippen LogP contribution < -0.4 is 5.73 Å². The van der Waals surface area contributed by atoms with Crippen molar-refractivity contribution in [3.8, 4) is 0 Å². The fourth-order valence-corrected chi connectivity index (χ4v) is 2.66. The second-order valence-corrected chi connectivity index (χ2v) is 6.50. The van der Waals surface area contributed by atoms with E-state index in [4.69, 9.17) is 18.0 Å². The first-order valence-electron chi connectivity index (χ1n) is 6.61. The highest BCUT2D eigenvalue weighted by Crippen LogP contribution is 2.32. The third kappa shape index (κ3) is 3.44. The van der Waals surface area contributed by atoms with Crippen molar-refractivity contribution >= 4 is 29.0 Å². The van der Waals surface area contributed by atoms with Gasteiger partial charge in [-0.2, -0.15) is 0 Å². The van der Waals surface area contributed by atoms with Crippen LogP contribution in [0.1, 0.15) is 37.8 Å². The number of likely N-dealkylation sites (tertiary alicyclic amines) is 1. The van der Waals surface area contributed by atoms with Crippen molar-refractivity contribution in [3.63, 3.8) is 0 Å². The average Bonchev–Trinajstić information content (AvgIpc) is 2.33. The van der Waals surface area contributed by atoms with E-state index in [0.29, 0.717) is 24.0 Å². The lowest BCUT2D eigenvalue weighted by atomic mass is 9.81. The van der Waals surface area contributed by atoms with Gasteiger partial charge in [0, 0.05) is 18.4 Å². The molecule has 1 aliphatic rings. The van der Waals surface area contributed by atoms with Gasteiger partial charge in [0.2, 0.25) is 11.8 Å². The number of hydrogen-bond acceptors (Lipinski definition) is 3. The van der Waals surface area contributed by atoms with E-state index in [2.05, 4.69) is 0 Å². The third-order valence-corrected chi connectivity index (χ3v) is 3.75. The average molecular weight is 308 g/mol. The van der Waals surface area contributed by atoms with Gasteiger partial charge in [0.1, 0.15) is 10.8 Å². The standard InChI is InChI=1S/C15H17FN2O2S/c1-15(2)6-12(19)18(13(20)7-15)8-9-3-4-10(16)5-11(9)14(17)21/h3-5H,6-8H2,1-2H3,(H2,17,21). The van der Waals surface area contributed by atoms with Gasteiger partial charge in [0.25, 0.3) is 0 Å². The van der Waals surface area contributed by atoms with Crippen molar-refractivity contribution in [2.75, 3.05) is 0 Å². The topological polar surface area (TPSA) is 63.4 Å². The molecule has 1 aromatic rings. The normalized spacial score (nSPS) is 18.0. The van der Waals surface area contributed by atoms with E-state index in [9.17, 15) is 14.0 Å². The number of carbonyl (C=O) groups is 2. The van der Waals surface area contributed by atoms with Crippen LogP contribution in [0.2, 0.25) is 0 Å². The second kappa shape index (κ2) is 5.52. The van der Waals surface area contributed by atoms with Crippen molar-refractivity contribution in [3.05, 3.63) is 35.1 Å². The number of piperidine rings is 1. The zero-order valence-electron chi connectivity index (χ0n) is 12.0. The fourth-order valence-electron chi connectivity index (χ4n) is 2.47. The molecule has 1 aromatic carbocycles. The Morgan fingerprint density at radius 3 is 2.43 bits per heavy atom. The monoisotopic (exact) mass is 308 g/mol. The largest absolute Gasteiger partial charge is 0.389 e. The van der Waals surface area contributed by atoms with E-state index in [1.54, 1.807) is 0 Å². The molecule has 0 spiro atoms. The van der Waals surface area contributed by atoms with E-state index in [0.717, 1.165) is 0 Å². The first-order chi connectivity index (χ1) is 9.69. The maximum Gasteiger partial charge on any atom is 0.230 e. The smallest absolute Gasteiger partial charge is 0.230 e. The lowest BCUT2D eigenvalue weighted by Crippen LogP contribution is -2.45. The van der Waals surface area contributed by atoms with E-state index in [1.165, 1.54) is 23.1 Å². The summed E-state index contributed by atoms with van der Waals surface area (Å²) in [5.41, 5.74) is 6.19. The summed E-state index contributed by atoms with van der Waals surface area (Å²) in [6.45, 7) is 3.84. The number of carbonyl (C=O) groups excluding carboxylic acids is 2. The maximum absolute atomic E-state index is 13.3. The number of nitrogens with zero attached hydrogens (tertiary/aromatic N) is 1. The number of thiocarbonyl (C=S) groups is 1. The summed E-state index contributed by atoms with van der Waals surface area (Å²) in [4.78, 5) is 25.5. The predicted molar refractivity (Wildman–Crippen MR) is 80.9 cm³/mol. The molecular formula is C15H17FN2O2S. The summed E-state index contributed by atoms with van der Waals surface area (Å²) in [5, 5.41) is 0. The Balaban J connectivity index is 2.28. The summed E-state index contributed by atoms with van der Waals surface area (Å²) in [5.74, 6) is -0.914. The quantitative estimate of drug-likeness (QED) is 0.686. The second-order valence-electron chi connectivity index (χ2n) is 6.06. The summed E-state index contributed by atoms with van der Waals surface area (Å²) in [6, 6.07) is 3.99. The number of amides is 2. The van der Waals surface area contributed by atoms with Crippen molar-refractivity contribution in [2.45, 2.75) is 33.2 Å². The molecule has 21 heavy (non-hydrogen) atoms. The van der Waals surface area contributed by atoms with Gasteiger partial charge in [-0.1, -0.05) is 32.1 Å². The van der Waals surface area contributed by atoms with Crippen LogP contribution >= 0.6 is 12.2 Å². The molecule has 1 aliphatic heterocycles. The van der Waals surface area contributed by atoms with Crippen LogP contribution in [0.15, 0.2) is 18.2 Å². The molecule has 4 nitrogen and oxygen atoms in total. The number of halogens is 1. The van der Waals surface area contributed by atoms with Gasteiger partial charge in [-0.05, 0) is 23.1 Å². The molecule has 2 rings (SSSR count). The minimum absolute atomic E-state index is 0.0433. The summed E-state index contributed by atoms with van der Waals surface area (Å²) in [6.07, 6.45) is 0.616. The van der Waals surface area contributed by atoms with Gasteiger partial charge in [0.15, 0.2) is 0 Å². The van der Waals surface area contributed by atoms with E-state index >= 15 is 0 Å². The van der Waals surface area contributed by atoms with Crippen molar-refractivity contribution in [2.24, 2.45) is 11.1 Å². The number of hydrogen-bond donors (Lipinski definition) is 1. The van der Waals surface area contributed by atoms with Crippen molar-refractivity contribution in [1.82, 2.24) is 4.90 Å². The van der Waals surface area contributed by atoms with Gasteiger partial charge < -0.3 is 5.73 Å². The summed E-state index contributed by atoms with van der Waals surface area (Å²) >= 11 is 4.89. The molecule has 0 atom stereocenters. The van der Waals surface area contributed by atoms with Crippen LogP contribution in [0, 0.1) is 11.2 Å². The van der Waals surface area contributed by atoms with Crippen LogP contribution in [-0.2, 0) is 16.1 Å². The highest BCUT2D eigenvalue weighted by molar-refractivity contribution is 7.80. The highest BCUT2D eigenvalue weighted by Gasteiger charge is 2.37. The Kier molecular flexibility index (Phi) is 4.09. The Labute approximate surface area is 128 Å². The maximum atomic E-state index is 13.3. The Hall–Kier alpha value is -1.82. The van der Waals surface area contributed by atoms with Crippen LogP contribution in [0.25, 0.3) is 0 Å². The Morgan fingerprint density at radius 2 is 1.90 bits per heavy atom. The zero-order valence-corrected chi connectivity index (χ0v) is 12.8. The van der Waals surface area contributed by atoms with Crippen molar-refractivity contribution in [1.29, 1.82) is 0 Å². The lowest BCUT2D eigenvalue weighted by molar-refractivity contribution is -0.153. The highest BCUT2D eigenvalue weighted by atomic mass is 32.1. The van der Waals surface area contributed by atoms with Gasteiger partial charge in [-0.15, -0.1) is 0 Å². The Bertz CT molecular complexity index is 608. The van der Waals surface area contributed by atoms with Gasteiger partial charge in [-0.3, -0.25) is 14.5 Å². The zero-order chi connectivity index (χ0) is 15.8. The number of rotatable bonds is 3. The molecule has 0 saturated carbocycles. The van der Waals surface area contributed by atoms with Crippen LogP contribution in [0.3, 0.4) is 0 Å². The summed E-state index contributed by atoms with van der Waals surface area (Å²) in [7, 11) is 0. The number of nitrogens with two attached hydrogens (primary N) is 1. The van der Waals surface area contributed by atoms with Crippen LogP contribution in [0.4, 0.5) is 4.39 Å². The molecular weight excluding hydrogens is 291 g/mol. The van der Waals surface area contributed by atoms with E-state index in [-0.39, 0.29) is 28.8 Å². The van der Waals surface area contributed by atoms with Crippen LogP contribution in [0.5, 0.6) is 0 Å². The first-order valence-corrected chi connectivity index (χ1v) is 7.02. The number of imide groups is 1. The van der Waals surface area contributed by atoms with Gasteiger partial charge in [0.05, 0.1) is 6.54 Å². The predicted octanol–water partition coefficient (Wildman–Crippen LogP) is 2.14. The molecule has 0 unspecified atom stereocenters. The molecule has 6 heteroatoms. The molecule has 1 saturated heterocycles. The van der Waals surface area contributed by atoms with Gasteiger partial charge in [-0.25, -0.2) is 4.39 Å². The molecule has 0 radical (unpaired) electrons. The minimum Gasteiger partial charge on any atom is -0.389 e. The SMILES string of the molecule is CC1(C)CC(=O)N(Cc2ccc(F)cc2C(N)=S)C(=O)C1. The first kappa shape index (κ1) is 15.6. The molecule has 0 aliphatic carbocycles. The minimum atomic E-state index is -0.459. The van der Waals surface area contributed by atoms with Crippen LogP contribution in [-0.4, -0.2) is 21.7 Å². The number of benzene rings is 1. The summed E-state index contributed by atoms with van der Waals surface area (Å²) < 4.78 is 13.3. The molecule has 0 aromatic heterocycles. The molecule has 112 valence electrons. The third-order valence-electron chi connectivity index (χ3n) is 3.53. The van der Waals surface area contributed by atoms with Gasteiger partial charge >= 0.3 is 0 Å². The molecule has 2 N–H and O–H groups in total. The van der Waals surface area contributed by atoms with E-state index < -0.39 is 5.82 Å². The Morgan fingerprint density at radius 1 is 1.33 bits per heavy atom. The molecule has 1 fully saturated rings. The fraction of sp³-hybridized carbons (Fsp3) is 0.400. The molecule has 0 bridgehead atoms.